The second-order valence-electron chi connectivity index (χ2n) is 6.82. The molecule has 0 radical (unpaired) electrons. The fourth-order valence-corrected chi connectivity index (χ4v) is 4.93. The Hall–Kier alpha value is -0.0800. The minimum absolute atomic E-state index is 0.718. The van der Waals surface area contributed by atoms with E-state index in [1.165, 1.54) is 51.4 Å². The molecule has 104 valence electrons. The highest BCUT2D eigenvalue weighted by atomic mass is 16.5. The fraction of sp³-hybridized carbons (Fsp3) is 1.00. The highest BCUT2D eigenvalue weighted by Crippen LogP contribution is 2.44. The molecule has 3 fully saturated rings. The van der Waals surface area contributed by atoms with Crippen molar-refractivity contribution >= 4 is 0 Å². The van der Waals surface area contributed by atoms with Gasteiger partial charge in [-0.2, -0.15) is 0 Å². The highest BCUT2D eigenvalue weighted by molar-refractivity contribution is 4.91. The normalized spacial score (nSPS) is 42.5. The van der Waals surface area contributed by atoms with Gasteiger partial charge in [0.2, 0.25) is 0 Å². The Balaban J connectivity index is 1.61. The maximum Gasteiger partial charge on any atom is 0.0510 e. The van der Waals surface area contributed by atoms with E-state index in [1.54, 1.807) is 0 Å². The predicted molar refractivity (Wildman–Crippen MR) is 74.6 cm³/mol. The molecule has 0 amide bonds. The lowest BCUT2D eigenvalue weighted by molar-refractivity contribution is 0.0900. The van der Waals surface area contributed by atoms with Crippen molar-refractivity contribution in [2.45, 2.75) is 57.4 Å². The van der Waals surface area contributed by atoms with Crippen LogP contribution < -0.4 is 5.32 Å². The zero-order valence-electron chi connectivity index (χ0n) is 11.9. The Labute approximate surface area is 112 Å². The molecule has 0 aromatic heterocycles. The van der Waals surface area contributed by atoms with Gasteiger partial charge in [0.25, 0.3) is 0 Å². The Bertz CT molecular complexity index is 262. The first-order valence-electron chi connectivity index (χ1n) is 8.13. The van der Waals surface area contributed by atoms with Gasteiger partial charge < -0.3 is 10.1 Å². The highest BCUT2D eigenvalue weighted by Gasteiger charge is 2.38. The number of fused-ring (bicyclic) bond motifs is 1. The second-order valence-corrected chi connectivity index (χ2v) is 6.82. The number of rotatable bonds is 3. The lowest BCUT2D eigenvalue weighted by atomic mass is 9.65. The first-order chi connectivity index (χ1) is 8.88. The average Bonchev–Trinajstić information content (AvgIpc) is 2.93. The van der Waals surface area contributed by atoms with Crippen LogP contribution in [0.1, 0.15) is 51.4 Å². The summed E-state index contributed by atoms with van der Waals surface area (Å²) in [6.07, 6.45) is 11.8. The van der Waals surface area contributed by atoms with E-state index in [2.05, 4.69) is 12.4 Å². The SMILES string of the molecule is CNC(C1CCOC1)C1CCC2CCCCC2C1. The van der Waals surface area contributed by atoms with Crippen LogP contribution in [-0.2, 0) is 4.74 Å². The van der Waals surface area contributed by atoms with E-state index in [0.29, 0.717) is 0 Å². The number of hydrogen-bond donors (Lipinski definition) is 1. The van der Waals surface area contributed by atoms with E-state index in [4.69, 9.17) is 4.74 Å². The third-order valence-electron chi connectivity index (χ3n) is 5.89. The summed E-state index contributed by atoms with van der Waals surface area (Å²) in [5, 5.41) is 3.63. The average molecular weight is 251 g/mol. The summed E-state index contributed by atoms with van der Waals surface area (Å²) in [5.41, 5.74) is 0. The van der Waals surface area contributed by atoms with E-state index in [9.17, 15) is 0 Å². The van der Waals surface area contributed by atoms with Crippen LogP contribution in [0.3, 0.4) is 0 Å². The maximum absolute atomic E-state index is 5.60. The summed E-state index contributed by atoms with van der Waals surface area (Å²) >= 11 is 0. The van der Waals surface area contributed by atoms with E-state index in [-0.39, 0.29) is 0 Å². The Kier molecular flexibility index (Phi) is 4.25. The van der Waals surface area contributed by atoms with Crippen molar-refractivity contribution in [3.05, 3.63) is 0 Å². The standard InChI is InChI=1S/C16H29NO/c1-17-16(15-8-9-18-11-15)14-7-6-12-4-2-3-5-13(12)10-14/h12-17H,2-11H2,1H3. The predicted octanol–water partition coefficient (Wildman–Crippen LogP) is 3.22. The molecule has 0 spiro atoms. The smallest absolute Gasteiger partial charge is 0.0510 e. The van der Waals surface area contributed by atoms with Gasteiger partial charge in [-0.1, -0.05) is 25.7 Å². The second kappa shape index (κ2) is 5.92. The lowest BCUT2D eigenvalue weighted by Crippen LogP contribution is -2.44. The van der Waals surface area contributed by atoms with Crippen LogP contribution in [0.2, 0.25) is 0 Å². The van der Waals surface area contributed by atoms with Crippen molar-refractivity contribution in [1.82, 2.24) is 5.32 Å². The molecule has 1 saturated heterocycles. The van der Waals surface area contributed by atoms with Gasteiger partial charge in [0.05, 0.1) is 6.61 Å². The summed E-state index contributed by atoms with van der Waals surface area (Å²) in [7, 11) is 2.16. The monoisotopic (exact) mass is 251 g/mol. The summed E-state index contributed by atoms with van der Waals surface area (Å²) in [5.74, 6) is 3.82. The van der Waals surface area contributed by atoms with Gasteiger partial charge in [-0.05, 0) is 50.5 Å². The van der Waals surface area contributed by atoms with Crippen molar-refractivity contribution in [2.75, 3.05) is 20.3 Å². The largest absolute Gasteiger partial charge is 0.381 e. The van der Waals surface area contributed by atoms with Crippen LogP contribution in [0.25, 0.3) is 0 Å². The number of ether oxygens (including phenoxy) is 1. The molecule has 0 bridgehead atoms. The quantitative estimate of drug-likeness (QED) is 0.831. The number of hydrogen-bond acceptors (Lipinski definition) is 2. The van der Waals surface area contributed by atoms with Gasteiger partial charge in [0.1, 0.15) is 0 Å². The van der Waals surface area contributed by atoms with E-state index < -0.39 is 0 Å². The minimum Gasteiger partial charge on any atom is -0.381 e. The molecule has 5 atom stereocenters. The van der Waals surface area contributed by atoms with Crippen LogP contribution in [0, 0.1) is 23.7 Å². The first kappa shape index (κ1) is 12.9. The third kappa shape index (κ3) is 2.60. The maximum atomic E-state index is 5.60. The molecule has 3 rings (SSSR count). The van der Waals surface area contributed by atoms with Crippen molar-refractivity contribution in [3.63, 3.8) is 0 Å². The molecule has 1 aliphatic heterocycles. The van der Waals surface area contributed by atoms with Crippen LogP contribution in [-0.4, -0.2) is 26.3 Å². The Morgan fingerprint density at radius 3 is 2.50 bits per heavy atom. The topological polar surface area (TPSA) is 21.3 Å². The van der Waals surface area contributed by atoms with Crippen molar-refractivity contribution in [3.8, 4) is 0 Å². The Morgan fingerprint density at radius 1 is 0.944 bits per heavy atom. The molecular formula is C16H29NO. The molecule has 2 aliphatic carbocycles. The lowest BCUT2D eigenvalue weighted by Gasteiger charge is -2.43. The molecule has 3 aliphatic rings. The van der Waals surface area contributed by atoms with Crippen LogP contribution in [0.15, 0.2) is 0 Å². The molecule has 0 aromatic rings. The van der Waals surface area contributed by atoms with Gasteiger partial charge in [-0.3, -0.25) is 0 Å². The Morgan fingerprint density at radius 2 is 1.78 bits per heavy atom. The van der Waals surface area contributed by atoms with Crippen LogP contribution >= 0.6 is 0 Å². The van der Waals surface area contributed by atoms with Gasteiger partial charge in [0, 0.05) is 18.6 Å². The number of nitrogens with one attached hydrogen (secondary N) is 1. The summed E-state index contributed by atoms with van der Waals surface area (Å²) < 4.78 is 5.60. The van der Waals surface area contributed by atoms with Crippen molar-refractivity contribution in [1.29, 1.82) is 0 Å². The fourth-order valence-electron chi connectivity index (χ4n) is 4.93. The van der Waals surface area contributed by atoms with Gasteiger partial charge in [-0.25, -0.2) is 0 Å². The molecule has 2 heteroatoms. The van der Waals surface area contributed by atoms with Crippen molar-refractivity contribution in [2.24, 2.45) is 23.7 Å². The molecule has 2 saturated carbocycles. The molecule has 1 N–H and O–H groups in total. The molecule has 0 aromatic carbocycles. The van der Waals surface area contributed by atoms with Gasteiger partial charge in [-0.15, -0.1) is 0 Å². The summed E-state index contributed by atoms with van der Waals surface area (Å²) in [6.45, 7) is 1.98. The molecule has 1 heterocycles. The van der Waals surface area contributed by atoms with Gasteiger partial charge in [0.15, 0.2) is 0 Å². The van der Waals surface area contributed by atoms with Crippen LogP contribution in [0.5, 0.6) is 0 Å². The molecule has 18 heavy (non-hydrogen) atoms. The van der Waals surface area contributed by atoms with Crippen molar-refractivity contribution < 1.29 is 4.74 Å². The van der Waals surface area contributed by atoms with E-state index in [1.807, 2.05) is 0 Å². The molecular weight excluding hydrogens is 222 g/mol. The van der Waals surface area contributed by atoms with Crippen LogP contribution in [0.4, 0.5) is 0 Å². The summed E-state index contributed by atoms with van der Waals surface area (Å²) in [6, 6.07) is 0.718. The first-order valence-corrected chi connectivity index (χ1v) is 8.13. The molecule has 5 unspecified atom stereocenters. The summed E-state index contributed by atoms with van der Waals surface area (Å²) in [4.78, 5) is 0. The third-order valence-corrected chi connectivity index (χ3v) is 5.89. The molecule has 2 nitrogen and oxygen atoms in total. The zero-order chi connectivity index (χ0) is 12.4. The van der Waals surface area contributed by atoms with E-state index >= 15 is 0 Å². The minimum atomic E-state index is 0.718. The zero-order valence-corrected chi connectivity index (χ0v) is 11.9. The van der Waals surface area contributed by atoms with E-state index in [0.717, 1.165) is 42.9 Å². The van der Waals surface area contributed by atoms with Gasteiger partial charge >= 0.3 is 0 Å².